The molecule has 6 heteroatoms. The van der Waals surface area contributed by atoms with Gasteiger partial charge in [0.25, 0.3) is 0 Å². The Balaban J connectivity index is 1.95. The lowest BCUT2D eigenvalue weighted by molar-refractivity contribution is 0.445. The summed E-state index contributed by atoms with van der Waals surface area (Å²) < 4.78 is 22.9. The maximum absolute atomic E-state index is 11.5. The number of sulfone groups is 1. The summed E-state index contributed by atoms with van der Waals surface area (Å²) in [6, 6.07) is 6.27. The van der Waals surface area contributed by atoms with Gasteiger partial charge in [-0.3, -0.25) is 0 Å². The number of nitrogens with zero attached hydrogens (tertiary/aromatic N) is 2. The fraction of sp³-hybridized carbons (Fsp3) is 0.526. The number of benzene rings is 1. The average molecular weight is 381 g/mol. The minimum absolute atomic E-state index is 0.208. The van der Waals surface area contributed by atoms with Gasteiger partial charge in [0.15, 0.2) is 0 Å². The summed E-state index contributed by atoms with van der Waals surface area (Å²) >= 11 is 6.16. The van der Waals surface area contributed by atoms with Crippen LogP contribution in [-0.4, -0.2) is 38.5 Å². The predicted molar refractivity (Wildman–Crippen MR) is 105 cm³/mol. The van der Waals surface area contributed by atoms with Crippen LogP contribution in [0.25, 0.3) is 10.8 Å². The molecule has 0 amide bonds. The molecule has 0 spiro atoms. The van der Waals surface area contributed by atoms with Crippen molar-refractivity contribution in [2.24, 2.45) is 11.8 Å². The number of anilines is 1. The molecule has 0 saturated carbocycles. The zero-order chi connectivity index (χ0) is 18.4. The molecular weight excluding hydrogens is 356 g/mol. The smallest absolute Gasteiger partial charge is 0.147 e. The van der Waals surface area contributed by atoms with Crippen molar-refractivity contribution in [3.8, 4) is 0 Å². The van der Waals surface area contributed by atoms with Gasteiger partial charge in [-0.1, -0.05) is 38.4 Å². The first kappa shape index (κ1) is 18.5. The van der Waals surface area contributed by atoms with Crippen LogP contribution in [0.4, 0.5) is 5.69 Å². The van der Waals surface area contributed by atoms with Gasteiger partial charge < -0.3 is 4.90 Å². The number of fused-ring (bicyclic) bond motifs is 1. The largest absolute Gasteiger partial charge is 0.370 e. The van der Waals surface area contributed by atoms with E-state index in [4.69, 9.17) is 11.6 Å². The highest BCUT2D eigenvalue weighted by Crippen LogP contribution is 2.38. The molecule has 1 aliphatic rings. The van der Waals surface area contributed by atoms with Crippen molar-refractivity contribution >= 4 is 37.9 Å². The van der Waals surface area contributed by atoms with Gasteiger partial charge in [0.1, 0.15) is 15.0 Å². The van der Waals surface area contributed by atoms with Gasteiger partial charge in [0.2, 0.25) is 0 Å². The van der Waals surface area contributed by atoms with Crippen molar-refractivity contribution < 1.29 is 8.42 Å². The Kier molecular flexibility index (Phi) is 5.00. The second kappa shape index (κ2) is 6.76. The number of halogens is 1. The normalized spacial score (nSPS) is 17.1. The van der Waals surface area contributed by atoms with Crippen LogP contribution in [0.5, 0.6) is 0 Å². The van der Waals surface area contributed by atoms with E-state index in [1.807, 2.05) is 12.3 Å². The van der Waals surface area contributed by atoms with E-state index in [2.05, 4.69) is 42.8 Å². The Bertz CT molecular complexity index is 890. The van der Waals surface area contributed by atoms with E-state index in [9.17, 15) is 8.42 Å². The van der Waals surface area contributed by atoms with Crippen LogP contribution in [0.15, 0.2) is 24.4 Å². The Morgan fingerprint density at radius 2 is 1.92 bits per heavy atom. The minimum Gasteiger partial charge on any atom is -0.370 e. The Hall–Kier alpha value is -1.33. The number of rotatable bonds is 5. The molecule has 0 aliphatic carbocycles. The SMILES string of the molecule is CC(C)C(C)c1ccc(N2CC(CS(C)(=O)=O)C2)c2cnc(Cl)cc12. The lowest BCUT2D eigenvalue weighted by atomic mass is 9.86. The summed E-state index contributed by atoms with van der Waals surface area (Å²) in [6.45, 7) is 8.21. The van der Waals surface area contributed by atoms with E-state index >= 15 is 0 Å². The maximum atomic E-state index is 11.5. The minimum atomic E-state index is -2.92. The molecule has 136 valence electrons. The van der Waals surface area contributed by atoms with Crippen molar-refractivity contribution in [1.29, 1.82) is 0 Å². The highest BCUT2D eigenvalue weighted by atomic mass is 35.5. The fourth-order valence-corrected chi connectivity index (χ4v) is 4.78. The van der Waals surface area contributed by atoms with Crippen LogP contribution < -0.4 is 4.90 Å². The monoisotopic (exact) mass is 380 g/mol. The highest BCUT2D eigenvalue weighted by molar-refractivity contribution is 7.90. The van der Waals surface area contributed by atoms with Crippen LogP contribution in [0, 0.1) is 11.8 Å². The van der Waals surface area contributed by atoms with Gasteiger partial charge >= 0.3 is 0 Å². The molecular formula is C19H25ClN2O2S. The third-order valence-electron chi connectivity index (χ3n) is 5.21. The van der Waals surface area contributed by atoms with Crippen molar-refractivity contribution in [3.63, 3.8) is 0 Å². The Morgan fingerprint density at radius 1 is 1.24 bits per heavy atom. The molecule has 2 heterocycles. The molecule has 3 rings (SSSR count). The lowest BCUT2D eigenvalue weighted by Crippen LogP contribution is -2.49. The Morgan fingerprint density at radius 3 is 2.52 bits per heavy atom. The molecule has 1 aromatic carbocycles. The zero-order valence-corrected chi connectivity index (χ0v) is 16.7. The lowest BCUT2D eigenvalue weighted by Gasteiger charge is -2.41. The third-order valence-corrected chi connectivity index (χ3v) is 6.49. The van der Waals surface area contributed by atoms with Crippen LogP contribution in [0.2, 0.25) is 5.15 Å². The van der Waals surface area contributed by atoms with Crippen LogP contribution in [-0.2, 0) is 9.84 Å². The standard InChI is InChI=1S/C19H25ClN2O2S/c1-12(2)13(3)15-5-6-18(17-8-21-19(20)7-16(15)17)22-9-14(10-22)11-25(4,23)24/h5-8,12-14H,9-11H2,1-4H3. The average Bonchev–Trinajstić information content (AvgIpc) is 2.47. The summed E-state index contributed by atoms with van der Waals surface area (Å²) in [5, 5.41) is 2.73. The van der Waals surface area contributed by atoms with E-state index in [0.717, 1.165) is 29.5 Å². The van der Waals surface area contributed by atoms with Crippen LogP contribution in [0.3, 0.4) is 0 Å². The molecule has 1 aromatic heterocycles. The molecule has 1 atom stereocenters. The molecule has 0 radical (unpaired) electrons. The molecule has 25 heavy (non-hydrogen) atoms. The molecule has 1 saturated heterocycles. The van der Waals surface area contributed by atoms with E-state index in [1.165, 1.54) is 11.8 Å². The van der Waals surface area contributed by atoms with Crippen LogP contribution in [0.1, 0.15) is 32.3 Å². The number of hydrogen-bond donors (Lipinski definition) is 0. The van der Waals surface area contributed by atoms with E-state index in [-0.39, 0.29) is 11.7 Å². The number of pyridine rings is 1. The summed E-state index contributed by atoms with van der Waals surface area (Å²) in [5.74, 6) is 1.42. The molecule has 1 unspecified atom stereocenters. The van der Waals surface area contributed by atoms with Crippen molar-refractivity contribution in [3.05, 3.63) is 35.1 Å². The molecule has 1 fully saturated rings. The summed E-state index contributed by atoms with van der Waals surface area (Å²) in [5.41, 5.74) is 2.40. The van der Waals surface area contributed by atoms with Crippen LogP contribution >= 0.6 is 11.6 Å². The van der Waals surface area contributed by atoms with Gasteiger partial charge in [-0.15, -0.1) is 0 Å². The molecule has 2 aromatic rings. The quantitative estimate of drug-likeness (QED) is 0.732. The number of aromatic nitrogens is 1. The first-order chi connectivity index (χ1) is 11.7. The Labute approximate surface area is 155 Å². The summed E-state index contributed by atoms with van der Waals surface area (Å²) in [4.78, 5) is 6.51. The zero-order valence-electron chi connectivity index (χ0n) is 15.2. The van der Waals surface area contributed by atoms with Gasteiger partial charge in [-0.2, -0.15) is 0 Å². The van der Waals surface area contributed by atoms with Crippen molar-refractivity contribution in [2.75, 3.05) is 30.0 Å². The summed E-state index contributed by atoms with van der Waals surface area (Å²) in [6.07, 6.45) is 3.15. The van der Waals surface area contributed by atoms with E-state index in [0.29, 0.717) is 17.0 Å². The van der Waals surface area contributed by atoms with Crippen molar-refractivity contribution in [2.45, 2.75) is 26.7 Å². The second-order valence-electron chi connectivity index (χ2n) is 7.62. The topological polar surface area (TPSA) is 50.3 Å². The maximum Gasteiger partial charge on any atom is 0.147 e. The highest BCUT2D eigenvalue weighted by Gasteiger charge is 2.31. The molecule has 0 bridgehead atoms. The second-order valence-corrected chi connectivity index (χ2v) is 10.2. The van der Waals surface area contributed by atoms with Gasteiger partial charge in [-0.05, 0) is 34.9 Å². The predicted octanol–water partition coefficient (Wildman–Crippen LogP) is 4.13. The van der Waals surface area contributed by atoms with Gasteiger partial charge in [-0.25, -0.2) is 13.4 Å². The van der Waals surface area contributed by atoms with Gasteiger partial charge in [0.05, 0.1) is 5.75 Å². The molecule has 4 nitrogen and oxygen atoms in total. The number of hydrogen-bond acceptors (Lipinski definition) is 4. The molecule has 1 aliphatic heterocycles. The van der Waals surface area contributed by atoms with Gasteiger partial charge in [0, 0.05) is 42.5 Å². The molecule has 0 N–H and O–H groups in total. The fourth-order valence-electron chi connectivity index (χ4n) is 3.55. The van der Waals surface area contributed by atoms with Crippen molar-refractivity contribution in [1.82, 2.24) is 4.98 Å². The first-order valence-corrected chi connectivity index (χ1v) is 11.1. The summed E-state index contributed by atoms with van der Waals surface area (Å²) in [7, 11) is -2.92. The van der Waals surface area contributed by atoms with E-state index in [1.54, 1.807) is 0 Å². The first-order valence-electron chi connectivity index (χ1n) is 8.66. The van der Waals surface area contributed by atoms with E-state index < -0.39 is 9.84 Å². The third kappa shape index (κ3) is 3.93.